The monoisotopic (exact) mass is 391 g/mol. The zero-order valence-electron chi connectivity index (χ0n) is 17.3. The predicted molar refractivity (Wildman–Crippen MR) is 117 cm³/mol. The summed E-state index contributed by atoms with van der Waals surface area (Å²) in [6.07, 6.45) is 1.57. The number of carbonyl (C=O) groups is 2. The van der Waals surface area contributed by atoms with Gasteiger partial charge in [-0.25, -0.2) is 0 Å². The fraction of sp³-hybridized carbons (Fsp3) is 0.333. The Labute approximate surface area is 172 Å². The van der Waals surface area contributed by atoms with E-state index in [0.717, 1.165) is 23.2 Å². The molecule has 5 heteroatoms. The standard InChI is InChI=1S/C24H29N3O2/c1-15(11-24(29)27(4)16(2)25)22-14-23(22)20-9-5-7-18(12-20)19-8-6-10-21(13-19)26-17(3)28/h5-10,12-13,15,22-23H,2,11,14,25H2,1,3-4H3,(H,26,28)/t15?,22-,23-/m0/s1. The van der Waals surface area contributed by atoms with Crippen LogP contribution < -0.4 is 11.1 Å². The lowest BCUT2D eigenvalue weighted by Gasteiger charge is -2.19. The van der Waals surface area contributed by atoms with Crippen molar-refractivity contribution >= 4 is 17.5 Å². The third-order valence-electron chi connectivity index (χ3n) is 5.70. The van der Waals surface area contributed by atoms with Crippen molar-refractivity contribution in [3.8, 4) is 11.1 Å². The maximum Gasteiger partial charge on any atom is 0.228 e. The third-order valence-corrected chi connectivity index (χ3v) is 5.70. The van der Waals surface area contributed by atoms with Crippen LogP contribution in [0.25, 0.3) is 11.1 Å². The highest BCUT2D eigenvalue weighted by Crippen LogP contribution is 2.53. The first kappa shape index (κ1) is 20.6. The number of nitrogens with one attached hydrogen (secondary N) is 1. The van der Waals surface area contributed by atoms with Crippen LogP contribution in [0.2, 0.25) is 0 Å². The Hall–Kier alpha value is -3.08. The lowest BCUT2D eigenvalue weighted by molar-refractivity contribution is -0.129. The average molecular weight is 392 g/mol. The van der Waals surface area contributed by atoms with Gasteiger partial charge in [-0.15, -0.1) is 0 Å². The van der Waals surface area contributed by atoms with Crippen LogP contribution in [0.3, 0.4) is 0 Å². The number of benzene rings is 2. The minimum absolute atomic E-state index is 0.0131. The number of nitrogens with two attached hydrogens (primary N) is 1. The van der Waals surface area contributed by atoms with E-state index >= 15 is 0 Å². The average Bonchev–Trinajstić information content (AvgIpc) is 3.48. The molecule has 0 spiro atoms. The van der Waals surface area contributed by atoms with E-state index in [1.54, 1.807) is 7.05 Å². The van der Waals surface area contributed by atoms with Gasteiger partial charge in [0, 0.05) is 26.1 Å². The van der Waals surface area contributed by atoms with E-state index in [4.69, 9.17) is 5.73 Å². The highest BCUT2D eigenvalue weighted by atomic mass is 16.2. The molecule has 5 nitrogen and oxygen atoms in total. The van der Waals surface area contributed by atoms with Crippen LogP contribution in [0.15, 0.2) is 60.9 Å². The highest BCUT2D eigenvalue weighted by Gasteiger charge is 2.42. The van der Waals surface area contributed by atoms with Crippen molar-refractivity contribution in [2.45, 2.75) is 32.6 Å². The molecule has 2 amide bonds. The van der Waals surface area contributed by atoms with Gasteiger partial charge in [-0.3, -0.25) is 9.59 Å². The summed E-state index contributed by atoms with van der Waals surface area (Å²) in [5.41, 5.74) is 9.91. The SMILES string of the molecule is C=C(N)N(C)C(=O)CC(C)[C@@H]1C[C@H]1c1cccc(-c2cccc(NC(C)=O)c2)c1. The summed E-state index contributed by atoms with van der Waals surface area (Å²) in [6, 6.07) is 16.4. The van der Waals surface area contributed by atoms with Gasteiger partial charge in [0.2, 0.25) is 11.8 Å². The lowest BCUT2D eigenvalue weighted by Crippen LogP contribution is -2.30. The molecule has 3 N–H and O–H groups in total. The molecule has 1 fully saturated rings. The van der Waals surface area contributed by atoms with Crippen molar-refractivity contribution in [3.05, 3.63) is 66.5 Å². The van der Waals surface area contributed by atoms with Gasteiger partial charge in [0.1, 0.15) is 0 Å². The van der Waals surface area contributed by atoms with Gasteiger partial charge in [-0.2, -0.15) is 0 Å². The number of amides is 2. The molecule has 29 heavy (non-hydrogen) atoms. The van der Waals surface area contributed by atoms with Crippen LogP contribution in [0, 0.1) is 11.8 Å². The molecule has 1 aliphatic rings. The maximum absolute atomic E-state index is 12.3. The minimum Gasteiger partial charge on any atom is -0.386 e. The Morgan fingerprint density at radius 2 is 1.86 bits per heavy atom. The van der Waals surface area contributed by atoms with Crippen LogP contribution in [-0.4, -0.2) is 23.8 Å². The number of rotatable bonds is 7. The molecule has 0 aliphatic heterocycles. The van der Waals surface area contributed by atoms with Gasteiger partial charge in [0.05, 0.1) is 5.82 Å². The molecule has 1 unspecified atom stereocenters. The van der Waals surface area contributed by atoms with Gasteiger partial charge in [0.25, 0.3) is 0 Å². The number of hydrogen-bond donors (Lipinski definition) is 2. The van der Waals surface area contributed by atoms with Crippen LogP contribution in [-0.2, 0) is 9.59 Å². The summed E-state index contributed by atoms with van der Waals surface area (Å²) in [4.78, 5) is 25.0. The molecule has 2 aromatic carbocycles. The molecule has 1 aliphatic carbocycles. The van der Waals surface area contributed by atoms with Crippen LogP contribution in [0.1, 0.15) is 38.2 Å². The first-order chi connectivity index (χ1) is 13.8. The van der Waals surface area contributed by atoms with Gasteiger partial charge in [-0.1, -0.05) is 49.9 Å². The predicted octanol–water partition coefficient (Wildman–Crippen LogP) is 4.33. The van der Waals surface area contributed by atoms with Crippen molar-refractivity contribution in [2.75, 3.05) is 12.4 Å². The smallest absolute Gasteiger partial charge is 0.228 e. The summed E-state index contributed by atoms with van der Waals surface area (Å²) in [7, 11) is 1.67. The Bertz CT molecular complexity index is 937. The van der Waals surface area contributed by atoms with E-state index in [9.17, 15) is 9.59 Å². The lowest BCUT2D eigenvalue weighted by atomic mass is 9.95. The molecule has 1 saturated carbocycles. The van der Waals surface area contributed by atoms with Crippen molar-refractivity contribution in [3.63, 3.8) is 0 Å². The van der Waals surface area contributed by atoms with E-state index < -0.39 is 0 Å². The summed E-state index contributed by atoms with van der Waals surface area (Å²) >= 11 is 0. The van der Waals surface area contributed by atoms with Crippen LogP contribution in [0.5, 0.6) is 0 Å². The second kappa shape index (κ2) is 8.52. The van der Waals surface area contributed by atoms with Gasteiger partial charge in [0.15, 0.2) is 0 Å². The van der Waals surface area contributed by atoms with Gasteiger partial charge in [-0.05, 0) is 53.0 Å². The van der Waals surface area contributed by atoms with Crippen molar-refractivity contribution in [2.24, 2.45) is 17.6 Å². The number of carbonyl (C=O) groups excluding carboxylic acids is 2. The topological polar surface area (TPSA) is 75.4 Å². The molecule has 0 aromatic heterocycles. The Kier molecular flexibility index (Phi) is 6.06. The van der Waals surface area contributed by atoms with Crippen LogP contribution in [0.4, 0.5) is 5.69 Å². The summed E-state index contributed by atoms with van der Waals surface area (Å²) in [5, 5.41) is 2.83. The molecular weight excluding hydrogens is 362 g/mol. The summed E-state index contributed by atoms with van der Waals surface area (Å²) in [6.45, 7) is 7.27. The van der Waals surface area contributed by atoms with E-state index in [1.807, 2.05) is 24.3 Å². The van der Waals surface area contributed by atoms with Gasteiger partial charge < -0.3 is 16.0 Å². The van der Waals surface area contributed by atoms with E-state index in [0.29, 0.717) is 24.2 Å². The molecule has 3 rings (SSSR count). The Morgan fingerprint density at radius 3 is 2.52 bits per heavy atom. The van der Waals surface area contributed by atoms with E-state index in [-0.39, 0.29) is 17.6 Å². The number of anilines is 1. The zero-order chi connectivity index (χ0) is 21.1. The van der Waals surface area contributed by atoms with Crippen molar-refractivity contribution in [1.29, 1.82) is 0 Å². The highest BCUT2D eigenvalue weighted by molar-refractivity contribution is 5.89. The van der Waals surface area contributed by atoms with Crippen LogP contribution >= 0.6 is 0 Å². The number of hydrogen-bond acceptors (Lipinski definition) is 3. The summed E-state index contributed by atoms with van der Waals surface area (Å²) in [5.74, 6) is 1.48. The zero-order valence-corrected chi connectivity index (χ0v) is 17.3. The fourth-order valence-corrected chi connectivity index (χ4v) is 3.88. The minimum atomic E-state index is -0.0795. The largest absolute Gasteiger partial charge is 0.386 e. The first-order valence-electron chi connectivity index (χ1n) is 9.95. The molecule has 0 bridgehead atoms. The maximum atomic E-state index is 12.3. The molecule has 0 radical (unpaired) electrons. The first-order valence-corrected chi connectivity index (χ1v) is 9.95. The molecule has 152 valence electrons. The van der Waals surface area contributed by atoms with Gasteiger partial charge >= 0.3 is 0 Å². The number of nitrogens with zero attached hydrogens (tertiary/aromatic N) is 1. The molecule has 0 saturated heterocycles. The third kappa shape index (κ3) is 5.05. The fourth-order valence-electron chi connectivity index (χ4n) is 3.88. The molecule has 3 atom stereocenters. The van der Waals surface area contributed by atoms with Crippen molar-refractivity contribution in [1.82, 2.24) is 4.90 Å². The molecule has 2 aromatic rings. The quantitative estimate of drug-likeness (QED) is 0.738. The Balaban J connectivity index is 1.69. The van der Waals surface area contributed by atoms with E-state index in [1.165, 1.54) is 17.4 Å². The Morgan fingerprint density at radius 1 is 1.21 bits per heavy atom. The molecule has 0 heterocycles. The molecular formula is C24H29N3O2. The van der Waals surface area contributed by atoms with Crippen molar-refractivity contribution < 1.29 is 9.59 Å². The second-order valence-corrected chi connectivity index (χ2v) is 8.02. The summed E-state index contributed by atoms with van der Waals surface area (Å²) < 4.78 is 0. The second-order valence-electron chi connectivity index (χ2n) is 8.02. The normalized spacial score (nSPS) is 18.6. The van der Waals surface area contributed by atoms with E-state index in [2.05, 4.69) is 43.1 Å².